The lowest BCUT2D eigenvalue weighted by molar-refractivity contribution is -0.140. The highest BCUT2D eigenvalue weighted by Crippen LogP contribution is 2.33. The topological polar surface area (TPSA) is 49.3 Å². The highest BCUT2D eigenvalue weighted by Gasteiger charge is 2.33. The average molecular weight is 302 g/mol. The quantitative estimate of drug-likeness (QED) is 0.883. The first kappa shape index (κ1) is 12.5. The van der Waals surface area contributed by atoms with Crippen molar-refractivity contribution in [2.45, 2.75) is 31.8 Å². The third kappa shape index (κ3) is 2.21. The van der Waals surface area contributed by atoms with Crippen LogP contribution in [0.15, 0.2) is 16.6 Å². The number of hydrogen-bond donors (Lipinski definition) is 2. The molecule has 0 spiro atoms. The molecule has 2 unspecified atom stereocenters. The first-order valence-corrected chi connectivity index (χ1v) is 6.29. The van der Waals surface area contributed by atoms with Crippen LogP contribution in [0.1, 0.15) is 30.5 Å². The van der Waals surface area contributed by atoms with Gasteiger partial charge in [0.25, 0.3) is 0 Å². The van der Waals surface area contributed by atoms with E-state index in [1.165, 1.54) is 6.07 Å². The van der Waals surface area contributed by atoms with Crippen molar-refractivity contribution in [3.63, 3.8) is 0 Å². The number of carboxylic acids is 1. The Balaban J connectivity index is 2.55. The molecule has 3 nitrogen and oxygen atoms in total. The molecule has 0 aromatic heterocycles. The summed E-state index contributed by atoms with van der Waals surface area (Å²) in [7, 11) is 0. The third-order valence-corrected chi connectivity index (χ3v) is 3.87. The Kier molecular flexibility index (Phi) is 3.49. The number of hydrogen-bond acceptors (Lipinski definition) is 2. The molecule has 1 heterocycles. The standard InChI is InChI=1S/C12H13BrFNO2/c1-2-6-5-7-8(13)3-4-9(14)10(7)11(15-6)12(16)17/h3-4,6,11,15H,2,5H2,1H3,(H,16,17). The van der Waals surface area contributed by atoms with Gasteiger partial charge in [-0.2, -0.15) is 0 Å². The zero-order chi connectivity index (χ0) is 12.6. The number of rotatable bonds is 2. The molecule has 17 heavy (non-hydrogen) atoms. The molecule has 2 rings (SSSR count). The minimum Gasteiger partial charge on any atom is -0.480 e. The Labute approximate surface area is 107 Å². The minimum absolute atomic E-state index is 0.0710. The molecule has 0 fully saturated rings. The summed E-state index contributed by atoms with van der Waals surface area (Å²) in [5.41, 5.74) is 1.03. The molecule has 92 valence electrons. The summed E-state index contributed by atoms with van der Waals surface area (Å²) in [5.74, 6) is -1.50. The maximum atomic E-state index is 13.8. The van der Waals surface area contributed by atoms with E-state index in [9.17, 15) is 9.18 Å². The first-order chi connectivity index (χ1) is 8.04. The molecule has 5 heteroatoms. The second-order valence-electron chi connectivity index (χ2n) is 4.17. The van der Waals surface area contributed by atoms with Gasteiger partial charge in [0.05, 0.1) is 0 Å². The van der Waals surface area contributed by atoms with Crippen LogP contribution in [0, 0.1) is 5.82 Å². The molecule has 0 amide bonds. The van der Waals surface area contributed by atoms with E-state index >= 15 is 0 Å². The predicted molar refractivity (Wildman–Crippen MR) is 65.4 cm³/mol. The van der Waals surface area contributed by atoms with Gasteiger partial charge in [-0.1, -0.05) is 22.9 Å². The highest BCUT2D eigenvalue weighted by atomic mass is 79.9. The van der Waals surface area contributed by atoms with Gasteiger partial charge in [0, 0.05) is 16.1 Å². The van der Waals surface area contributed by atoms with Crippen molar-refractivity contribution >= 4 is 21.9 Å². The largest absolute Gasteiger partial charge is 0.480 e. The van der Waals surface area contributed by atoms with Gasteiger partial charge in [-0.3, -0.25) is 10.1 Å². The molecule has 2 atom stereocenters. The fourth-order valence-corrected chi connectivity index (χ4v) is 2.72. The highest BCUT2D eigenvalue weighted by molar-refractivity contribution is 9.10. The van der Waals surface area contributed by atoms with E-state index in [4.69, 9.17) is 5.11 Å². The van der Waals surface area contributed by atoms with Gasteiger partial charge in [-0.25, -0.2) is 4.39 Å². The van der Waals surface area contributed by atoms with Gasteiger partial charge in [-0.15, -0.1) is 0 Å². The number of fused-ring (bicyclic) bond motifs is 1. The van der Waals surface area contributed by atoms with E-state index in [1.807, 2.05) is 6.92 Å². The Morgan fingerprint density at radius 3 is 2.94 bits per heavy atom. The van der Waals surface area contributed by atoms with Crippen LogP contribution in [-0.2, 0) is 11.2 Å². The summed E-state index contributed by atoms with van der Waals surface area (Å²) in [5, 5.41) is 12.1. The molecule has 1 aromatic carbocycles. The van der Waals surface area contributed by atoms with Crippen molar-refractivity contribution in [2.75, 3.05) is 0 Å². The average Bonchev–Trinajstić information content (AvgIpc) is 2.32. The fourth-order valence-electron chi connectivity index (χ4n) is 2.21. The molecule has 1 aromatic rings. The predicted octanol–water partition coefficient (Wildman–Crippen LogP) is 2.64. The molecule has 0 bridgehead atoms. The number of carbonyl (C=O) groups is 1. The Morgan fingerprint density at radius 2 is 2.35 bits per heavy atom. The second-order valence-corrected chi connectivity index (χ2v) is 5.02. The monoisotopic (exact) mass is 301 g/mol. The molecular formula is C12H13BrFNO2. The van der Waals surface area contributed by atoms with E-state index in [0.717, 1.165) is 16.5 Å². The van der Waals surface area contributed by atoms with Gasteiger partial charge in [0.15, 0.2) is 0 Å². The van der Waals surface area contributed by atoms with Gasteiger partial charge in [0.2, 0.25) is 0 Å². The van der Waals surface area contributed by atoms with Crippen LogP contribution in [0.5, 0.6) is 0 Å². The van der Waals surface area contributed by atoms with E-state index in [0.29, 0.717) is 6.42 Å². The molecular weight excluding hydrogens is 289 g/mol. The van der Waals surface area contributed by atoms with Crippen LogP contribution in [0.3, 0.4) is 0 Å². The van der Waals surface area contributed by atoms with Crippen molar-refractivity contribution < 1.29 is 14.3 Å². The smallest absolute Gasteiger partial charge is 0.325 e. The molecule has 1 aliphatic rings. The van der Waals surface area contributed by atoms with Crippen molar-refractivity contribution in [2.24, 2.45) is 0 Å². The maximum Gasteiger partial charge on any atom is 0.325 e. The van der Waals surface area contributed by atoms with E-state index in [-0.39, 0.29) is 11.6 Å². The van der Waals surface area contributed by atoms with Crippen LogP contribution in [0.2, 0.25) is 0 Å². The van der Waals surface area contributed by atoms with Crippen molar-refractivity contribution in [1.82, 2.24) is 5.32 Å². The summed E-state index contributed by atoms with van der Waals surface area (Å²) in [6, 6.07) is 2.04. The first-order valence-electron chi connectivity index (χ1n) is 5.50. The molecule has 0 radical (unpaired) electrons. The molecule has 1 aliphatic heterocycles. The lowest BCUT2D eigenvalue weighted by atomic mass is 9.89. The minimum atomic E-state index is -1.04. The summed E-state index contributed by atoms with van der Waals surface area (Å²) in [6.07, 6.45) is 1.46. The molecule has 2 N–H and O–H groups in total. The van der Waals surface area contributed by atoms with E-state index in [1.54, 1.807) is 6.07 Å². The number of nitrogens with one attached hydrogen (secondary N) is 1. The van der Waals surface area contributed by atoms with Crippen LogP contribution in [0.25, 0.3) is 0 Å². The maximum absolute atomic E-state index is 13.8. The van der Waals surface area contributed by atoms with Gasteiger partial charge in [-0.05, 0) is 30.5 Å². The lowest BCUT2D eigenvalue weighted by Gasteiger charge is -2.31. The zero-order valence-electron chi connectivity index (χ0n) is 9.34. The normalized spacial score (nSPS) is 23.2. The number of benzene rings is 1. The fraction of sp³-hybridized carbons (Fsp3) is 0.417. The summed E-state index contributed by atoms with van der Waals surface area (Å²) < 4.78 is 14.5. The number of halogens is 2. The molecule has 0 aliphatic carbocycles. The lowest BCUT2D eigenvalue weighted by Crippen LogP contribution is -2.43. The third-order valence-electron chi connectivity index (χ3n) is 3.13. The van der Waals surface area contributed by atoms with Crippen LogP contribution >= 0.6 is 15.9 Å². The second kappa shape index (κ2) is 4.74. The van der Waals surface area contributed by atoms with E-state index < -0.39 is 17.8 Å². The Morgan fingerprint density at radius 1 is 1.65 bits per heavy atom. The zero-order valence-corrected chi connectivity index (χ0v) is 10.9. The van der Waals surface area contributed by atoms with Crippen LogP contribution in [0.4, 0.5) is 4.39 Å². The van der Waals surface area contributed by atoms with Gasteiger partial charge < -0.3 is 5.11 Å². The Bertz CT molecular complexity index is 464. The number of carboxylic acid groups (broad SMARTS) is 1. The molecule has 0 saturated heterocycles. The van der Waals surface area contributed by atoms with Gasteiger partial charge in [0.1, 0.15) is 11.9 Å². The SMILES string of the molecule is CCC1Cc2c(Br)ccc(F)c2C(C(=O)O)N1. The van der Waals surface area contributed by atoms with Crippen molar-refractivity contribution in [1.29, 1.82) is 0 Å². The Hall–Kier alpha value is -0.940. The summed E-state index contributed by atoms with van der Waals surface area (Å²) >= 11 is 3.36. The summed E-state index contributed by atoms with van der Waals surface area (Å²) in [6.45, 7) is 1.98. The van der Waals surface area contributed by atoms with Gasteiger partial charge >= 0.3 is 5.97 Å². The van der Waals surface area contributed by atoms with E-state index in [2.05, 4.69) is 21.2 Å². The van der Waals surface area contributed by atoms with Crippen LogP contribution in [-0.4, -0.2) is 17.1 Å². The number of aliphatic carboxylic acids is 1. The van der Waals surface area contributed by atoms with Crippen molar-refractivity contribution in [3.8, 4) is 0 Å². The van der Waals surface area contributed by atoms with Crippen molar-refractivity contribution in [3.05, 3.63) is 33.5 Å². The van der Waals surface area contributed by atoms with Crippen LogP contribution < -0.4 is 5.32 Å². The summed E-state index contributed by atoms with van der Waals surface area (Å²) in [4.78, 5) is 11.2. The molecule has 0 saturated carbocycles.